The lowest BCUT2D eigenvalue weighted by molar-refractivity contribution is -0.131. The Morgan fingerprint density at radius 2 is 0.603 bits per heavy atom. The number of rotatable bonds is 54. The lowest BCUT2D eigenvalue weighted by Gasteiger charge is -2.23. The van der Waals surface area contributed by atoms with Crippen molar-refractivity contribution in [2.24, 2.45) is 0 Å². The molecule has 0 aliphatic carbocycles. The van der Waals surface area contributed by atoms with Gasteiger partial charge in [0.15, 0.2) is 0 Å². The van der Waals surface area contributed by atoms with Crippen molar-refractivity contribution in [1.82, 2.24) is 5.32 Å². The SMILES string of the molecule is CCCCCCCCCCCCCCCCCCCC/C=C\CCCCCCCCCCCCCCCCCCC(O)C(=O)NC(CO)C(O)CCCCCCCCCCCCC. The lowest BCUT2D eigenvalue weighted by atomic mass is 10.0. The molecule has 1 amide bonds. The smallest absolute Gasteiger partial charge is 0.249 e. The van der Waals surface area contributed by atoms with Gasteiger partial charge in [0.1, 0.15) is 6.10 Å². The Kier molecular flexibility index (Phi) is 52.9. The number of carbonyl (C=O) groups is 1. The summed E-state index contributed by atoms with van der Waals surface area (Å²) in [5, 5.41) is 33.4. The van der Waals surface area contributed by atoms with Crippen LogP contribution in [0.2, 0.25) is 0 Å². The fourth-order valence-electron chi connectivity index (χ4n) is 9.37. The van der Waals surface area contributed by atoms with Crippen LogP contribution in [0.15, 0.2) is 12.2 Å². The van der Waals surface area contributed by atoms with Crippen LogP contribution in [0.5, 0.6) is 0 Å². The number of hydrogen-bond acceptors (Lipinski definition) is 4. The first kappa shape index (κ1) is 62.1. The van der Waals surface area contributed by atoms with Gasteiger partial charge in [-0.1, -0.05) is 302 Å². The minimum atomic E-state index is -1.07. The van der Waals surface area contributed by atoms with Gasteiger partial charge >= 0.3 is 0 Å². The van der Waals surface area contributed by atoms with E-state index in [2.05, 4.69) is 31.3 Å². The molecule has 0 radical (unpaired) electrons. The fraction of sp³-hybridized carbons (Fsp3) is 0.948. The molecule has 0 saturated heterocycles. The zero-order chi connectivity index (χ0) is 45.8. The van der Waals surface area contributed by atoms with Gasteiger partial charge in [0.05, 0.1) is 18.8 Å². The molecule has 3 atom stereocenters. The summed E-state index contributed by atoms with van der Waals surface area (Å²) in [4.78, 5) is 12.5. The summed E-state index contributed by atoms with van der Waals surface area (Å²) >= 11 is 0. The molecule has 0 rings (SSSR count). The van der Waals surface area contributed by atoms with Gasteiger partial charge in [-0.05, 0) is 38.5 Å². The third kappa shape index (κ3) is 48.8. The van der Waals surface area contributed by atoms with Gasteiger partial charge in [0.2, 0.25) is 5.91 Å². The second-order valence-corrected chi connectivity index (χ2v) is 20.2. The van der Waals surface area contributed by atoms with Crippen LogP contribution in [0.4, 0.5) is 0 Å². The molecule has 5 heteroatoms. The molecule has 0 saturated carbocycles. The van der Waals surface area contributed by atoms with E-state index >= 15 is 0 Å². The molecule has 63 heavy (non-hydrogen) atoms. The number of allylic oxidation sites excluding steroid dienone is 2. The fourth-order valence-corrected chi connectivity index (χ4v) is 9.37. The van der Waals surface area contributed by atoms with Crippen LogP contribution in [-0.2, 0) is 4.79 Å². The Balaban J connectivity index is 3.40. The van der Waals surface area contributed by atoms with E-state index in [0.29, 0.717) is 12.8 Å². The van der Waals surface area contributed by atoms with Crippen LogP contribution in [0.3, 0.4) is 0 Å². The minimum Gasteiger partial charge on any atom is -0.394 e. The Morgan fingerprint density at radius 3 is 0.873 bits per heavy atom. The van der Waals surface area contributed by atoms with Gasteiger partial charge in [0, 0.05) is 0 Å². The van der Waals surface area contributed by atoms with E-state index in [0.717, 1.165) is 32.1 Å². The van der Waals surface area contributed by atoms with Crippen LogP contribution in [0, 0.1) is 0 Å². The summed E-state index contributed by atoms with van der Waals surface area (Å²) in [5.74, 6) is -0.466. The van der Waals surface area contributed by atoms with Crippen molar-refractivity contribution in [2.45, 2.75) is 347 Å². The van der Waals surface area contributed by atoms with Crippen LogP contribution < -0.4 is 5.32 Å². The van der Waals surface area contributed by atoms with E-state index in [1.807, 2.05) is 0 Å². The van der Waals surface area contributed by atoms with Gasteiger partial charge in [0.25, 0.3) is 0 Å². The highest BCUT2D eigenvalue weighted by Crippen LogP contribution is 2.18. The number of hydrogen-bond donors (Lipinski definition) is 4. The predicted octanol–water partition coefficient (Wildman–Crippen LogP) is 17.9. The number of amides is 1. The van der Waals surface area contributed by atoms with Crippen molar-refractivity contribution in [3.05, 3.63) is 12.2 Å². The number of aliphatic hydroxyl groups is 3. The van der Waals surface area contributed by atoms with E-state index in [-0.39, 0.29) is 6.61 Å². The summed E-state index contributed by atoms with van der Waals surface area (Å²) in [7, 11) is 0. The van der Waals surface area contributed by atoms with Crippen molar-refractivity contribution in [1.29, 1.82) is 0 Å². The van der Waals surface area contributed by atoms with E-state index < -0.39 is 24.2 Å². The van der Waals surface area contributed by atoms with Crippen molar-refractivity contribution in [2.75, 3.05) is 6.61 Å². The van der Waals surface area contributed by atoms with Gasteiger partial charge in [-0.25, -0.2) is 0 Å². The molecule has 0 aromatic carbocycles. The largest absolute Gasteiger partial charge is 0.394 e. The summed E-state index contributed by atoms with van der Waals surface area (Å²) in [6, 6.07) is -0.707. The average molecular weight is 891 g/mol. The van der Waals surface area contributed by atoms with Crippen molar-refractivity contribution >= 4 is 5.91 Å². The highest BCUT2D eigenvalue weighted by molar-refractivity contribution is 5.80. The quantitative estimate of drug-likeness (QED) is 0.0362. The molecule has 5 nitrogen and oxygen atoms in total. The highest BCUT2D eigenvalue weighted by atomic mass is 16.3. The molecule has 376 valence electrons. The number of unbranched alkanes of at least 4 members (excludes halogenated alkanes) is 44. The van der Waals surface area contributed by atoms with Gasteiger partial charge in [-0.15, -0.1) is 0 Å². The maximum Gasteiger partial charge on any atom is 0.249 e. The van der Waals surface area contributed by atoms with Crippen molar-refractivity contribution in [3.63, 3.8) is 0 Å². The number of aliphatic hydroxyl groups excluding tert-OH is 3. The van der Waals surface area contributed by atoms with E-state index in [1.165, 1.54) is 270 Å². The monoisotopic (exact) mass is 890 g/mol. The van der Waals surface area contributed by atoms with E-state index in [1.54, 1.807) is 0 Å². The highest BCUT2D eigenvalue weighted by Gasteiger charge is 2.23. The second-order valence-electron chi connectivity index (χ2n) is 20.2. The van der Waals surface area contributed by atoms with Gasteiger partial charge in [-0.3, -0.25) is 4.79 Å². The molecule has 0 aliphatic heterocycles. The molecule has 0 aromatic rings. The number of nitrogens with one attached hydrogen (secondary N) is 1. The summed E-state index contributed by atoms with van der Waals surface area (Å²) in [6.07, 6.45) is 67.2. The molecule has 0 spiro atoms. The van der Waals surface area contributed by atoms with Crippen LogP contribution in [-0.4, -0.2) is 46.1 Å². The molecule has 0 aliphatic rings. The Morgan fingerprint density at radius 1 is 0.365 bits per heavy atom. The molecule has 0 fully saturated rings. The molecule has 0 heterocycles. The van der Waals surface area contributed by atoms with Crippen molar-refractivity contribution < 1.29 is 20.1 Å². The first-order valence-electron chi connectivity index (χ1n) is 29.0. The molecule has 3 unspecified atom stereocenters. The van der Waals surface area contributed by atoms with Crippen molar-refractivity contribution in [3.8, 4) is 0 Å². The van der Waals surface area contributed by atoms with Gasteiger partial charge < -0.3 is 20.6 Å². The maximum absolute atomic E-state index is 12.5. The summed E-state index contributed by atoms with van der Waals surface area (Å²) in [5.41, 5.74) is 0. The predicted molar refractivity (Wildman–Crippen MR) is 278 cm³/mol. The third-order valence-corrected chi connectivity index (χ3v) is 13.9. The Labute approximate surface area is 395 Å². The summed E-state index contributed by atoms with van der Waals surface area (Å²) < 4.78 is 0. The molecule has 0 aromatic heterocycles. The topological polar surface area (TPSA) is 89.8 Å². The lowest BCUT2D eigenvalue weighted by Crippen LogP contribution is -2.49. The zero-order valence-corrected chi connectivity index (χ0v) is 43.0. The average Bonchev–Trinajstić information content (AvgIpc) is 3.29. The zero-order valence-electron chi connectivity index (χ0n) is 43.0. The standard InChI is InChI=1S/C58H115NO4/c1-3-5-7-9-11-13-15-16-17-18-19-20-21-22-23-24-25-26-27-28-29-30-31-32-33-34-35-36-37-38-39-40-41-43-45-47-49-51-53-57(62)58(63)59-55(54-60)56(61)52-50-48-46-44-42-14-12-10-8-6-4-2/h28-29,55-57,60-62H,3-27,30-54H2,1-2H3,(H,59,63)/b29-28-. The van der Waals surface area contributed by atoms with E-state index in [4.69, 9.17) is 0 Å². The van der Waals surface area contributed by atoms with Crippen LogP contribution in [0.25, 0.3) is 0 Å². The first-order valence-corrected chi connectivity index (χ1v) is 29.0. The molecular formula is C58H115NO4. The maximum atomic E-state index is 12.5. The van der Waals surface area contributed by atoms with E-state index in [9.17, 15) is 20.1 Å². The molecular weight excluding hydrogens is 775 g/mol. The second kappa shape index (κ2) is 53.7. The number of carbonyl (C=O) groups excluding carboxylic acids is 1. The summed E-state index contributed by atoms with van der Waals surface area (Å²) in [6.45, 7) is 4.25. The van der Waals surface area contributed by atoms with Gasteiger partial charge in [-0.2, -0.15) is 0 Å². The molecule has 4 N–H and O–H groups in total. The third-order valence-electron chi connectivity index (χ3n) is 13.9. The Hall–Kier alpha value is -0.910. The Bertz CT molecular complexity index is 894. The molecule has 0 bridgehead atoms. The van der Waals surface area contributed by atoms with Crippen LogP contribution >= 0.6 is 0 Å². The van der Waals surface area contributed by atoms with Crippen LogP contribution in [0.1, 0.15) is 328 Å². The first-order chi connectivity index (χ1) is 31.1. The normalized spacial score (nSPS) is 13.3. The minimum absolute atomic E-state index is 0.310.